The number of benzene rings is 1. The molecule has 0 aliphatic carbocycles. The number of imidazole rings is 1. The number of rotatable bonds is 6. The average Bonchev–Trinajstić information content (AvgIpc) is 2.98. The molecule has 2 rings (SSSR count). The molecule has 0 spiro atoms. The van der Waals surface area contributed by atoms with Crippen molar-refractivity contribution in [1.29, 1.82) is 0 Å². The molecule has 21 heavy (non-hydrogen) atoms. The molecular formula is C13H14N4O3S. The Bertz CT molecular complexity index is 613. The maximum atomic E-state index is 12.0. The van der Waals surface area contributed by atoms with Gasteiger partial charge in [-0.3, -0.25) is 14.9 Å². The first kappa shape index (κ1) is 15.0. The Labute approximate surface area is 125 Å². The number of nitro benzene ring substituents is 1. The first-order valence-electron chi connectivity index (χ1n) is 6.16. The molecule has 0 aliphatic heterocycles. The van der Waals surface area contributed by atoms with Crippen molar-refractivity contribution in [2.45, 2.75) is 11.4 Å². The number of nitro groups is 1. The topological polar surface area (TPSA) is 92.1 Å². The van der Waals surface area contributed by atoms with E-state index in [1.54, 1.807) is 36.5 Å². The maximum Gasteiger partial charge on any atom is 0.269 e. The van der Waals surface area contributed by atoms with Gasteiger partial charge in [-0.2, -0.15) is 0 Å². The number of H-pyrrole nitrogens is 1. The van der Waals surface area contributed by atoms with Crippen LogP contribution in [0.4, 0.5) is 5.69 Å². The third kappa shape index (κ3) is 4.32. The number of thioether (sulfide) groups is 1. The van der Waals surface area contributed by atoms with Crippen LogP contribution in [0.1, 0.15) is 5.82 Å². The van der Waals surface area contributed by atoms with Crippen molar-refractivity contribution < 1.29 is 9.72 Å². The van der Waals surface area contributed by atoms with Gasteiger partial charge in [0.25, 0.3) is 5.69 Å². The van der Waals surface area contributed by atoms with Crippen molar-refractivity contribution in [3.05, 3.63) is 52.6 Å². The van der Waals surface area contributed by atoms with E-state index < -0.39 is 4.92 Å². The Kier molecular flexibility index (Phi) is 4.94. The largest absolute Gasteiger partial charge is 0.347 e. The minimum atomic E-state index is -0.448. The number of carbonyl (C=O) groups is 1. The monoisotopic (exact) mass is 306 g/mol. The predicted molar refractivity (Wildman–Crippen MR) is 78.9 cm³/mol. The van der Waals surface area contributed by atoms with Crippen LogP contribution < -0.4 is 0 Å². The Hall–Kier alpha value is -2.35. The van der Waals surface area contributed by atoms with E-state index in [1.807, 2.05) is 0 Å². The Morgan fingerprint density at radius 1 is 1.43 bits per heavy atom. The molecular weight excluding hydrogens is 292 g/mol. The summed E-state index contributed by atoms with van der Waals surface area (Å²) < 4.78 is 0. The number of hydrogen-bond donors (Lipinski definition) is 1. The van der Waals surface area contributed by atoms with Gasteiger partial charge in [0.05, 0.1) is 17.2 Å². The van der Waals surface area contributed by atoms with Gasteiger partial charge in [-0.15, -0.1) is 11.8 Å². The smallest absolute Gasteiger partial charge is 0.269 e. The van der Waals surface area contributed by atoms with E-state index in [4.69, 9.17) is 0 Å². The molecule has 7 nitrogen and oxygen atoms in total. The van der Waals surface area contributed by atoms with Gasteiger partial charge in [-0.1, -0.05) is 0 Å². The SMILES string of the molecule is CN(Cc1ncc[nH]1)C(=O)CSc1ccc([N+](=O)[O-])cc1. The van der Waals surface area contributed by atoms with Crippen molar-refractivity contribution in [3.63, 3.8) is 0 Å². The molecule has 1 aromatic carbocycles. The van der Waals surface area contributed by atoms with Crippen LogP contribution >= 0.6 is 11.8 Å². The van der Waals surface area contributed by atoms with Crippen molar-refractivity contribution in [2.24, 2.45) is 0 Å². The third-order valence-corrected chi connectivity index (χ3v) is 3.77. The lowest BCUT2D eigenvalue weighted by Crippen LogP contribution is -2.28. The van der Waals surface area contributed by atoms with Gasteiger partial charge in [0, 0.05) is 36.5 Å². The molecule has 2 aromatic rings. The molecule has 0 saturated heterocycles. The average molecular weight is 306 g/mol. The molecule has 0 aliphatic rings. The zero-order valence-electron chi connectivity index (χ0n) is 11.4. The number of amides is 1. The molecule has 8 heteroatoms. The van der Waals surface area contributed by atoms with Gasteiger partial charge < -0.3 is 9.88 Å². The summed E-state index contributed by atoms with van der Waals surface area (Å²) in [5.41, 5.74) is 0.0422. The molecule has 0 fully saturated rings. The van der Waals surface area contributed by atoms with Crippen LogP contribution in [0.15, 0.2) is 41.6 Å². The first-order valence-corrected chi connectivity index (χ1v) is 7.14. The van der Waals surface area contributed by atoms with Crippen molar-refractivity contribution in [2.75, 3.05) is 12.8 Å². The number of aromatic nitrogens is 2. The van der Waals surface area contributed by atoms with Gasteiger partial charge in [0.15, 0.2) is 0 Å². The fraction of sp³-hybridized carbons (Fsp3) is 0.231. The molecule has 1 aromatic heterocycles. The number of non-ortho nitro benzene ring substituents is 1. The van der Waals surface area contributed by atoms with E-state index >= 15 is 0 Å². The molecule has 0 atom stereocenters. The van der Waals surface area contributed by atoms with Gasteiger partial charge in [0.2, 0.25) is 5.91 Å². The summed E-state index contributed by atoms with van der Waals surface area (Å²) in [6.07, 6.45) is 3.35. The number of nitrogens with one attached hydrogen (secondary N) is 1. The first-order chi connectivity index (χ1) is 10.1. The van der Waals surface area contributed by atoms with Crippen LogP contribution in [0, 0.1) is 10.1 Å². The zero-order valence-corrected chi connectivity index (χ0v) is 12.2. The number of hydrogen-bond acceptors (Lipinski definition) is 5. The van der Waals surface area contributed by atoms with E-state index in [2.05, 4.69) is 9.97 Å². The van der Waals surface area contributed by atoms with Gasteiger partial charge in [0.1, 0.15) is 5.82 Å². The molecule has 0 radical (unpaired) electrons. The zero-order chi connectivity index (χ0) is 15.2. The minimum Gasteiger partial charge on any atom is -0.347 e. The highest BCUT2D eigenvalue weighted by Crippen LogP contribution is 2.21. The fourth-order valence-corrected chi connectivity index (χ4v) is 2.46. The molecule has 0 bridgehead atoms. The summed E-state index contributed by atoms with van der Waals surface area (Å²) in [4.78, 5) is 31.5. The van der Waals surface area contributed by atoms with E-state index in [-0.39, 0.29) is 17.3 Å². The van der Waals surface area contributed by atoms with Crippen LogP contribution in [-0.2, 0) is 11.3 Å². The van der Waals surface area contributed by atoms with Gasteiger partial charge in [-0.25, -0.2) is 4.98 Å². The highest BCUT2D eigenvalue weighted by molar-refractivity contribution is 8.00. The van der Waals surface area contributed by atoms with Crippen molar-refractivity contribution in [3.8, 4) is 0 Å². The summed E-state index contributed by atoms with van der Waals surface area (Å²) in [5, 5.41) is 10.5. The third-order valence-electron chi connectivity index (χ3n) is 2.78. The molecule has 1 heterocycles. The Morgan fingerprint density at radius 2 is 2.14 bits per heavy atom. The lowest BCUT2D eigenvalue weighted by molar-refractivity contribution is -0.384. The second-order valence-corrected chi connectivity index (χ2v) is 5.37. The van der Waals surface area contributed by atoms with Crippen LogP contribution in [0.5, 0.6) is 0 Å². The molecule has 0 saturated carbocycles. The van der Waals surface area contributed by atoms with Crippen LogP contribution in [0.3, 0.4) is 0 Å². The summed E-state index contributed by atoms with van der Waals surface area (Å²) in [7, 11) is 1.71. The minimum absolute atomic E-state index is 0.0326. The standard InChI is InChI=1S/C13H14N4O3S/c1-16(8-12-14-6-7-15-12)13(18)9-21-11-4-2-10(3-5-11)17(19)20/h2-7H,8-9H2,1H3,(H,14,15). The van der Waals surface area contributed by atoms with Crippen molar-refractivity contribution >= 4 is 23.4 Å². The number of carbonyl (C=O) groups excluding carboxylic acids is 1. The second kappa shape index (κ2) is 6.89. The highest BCUT2D eigenvalue weighted by atomic mass is 32.2. The number of aromatic amines is 1. The van der Waals surface area contributed by atoms with Crippen LogP contribution in [0.25, 0.3) is 0 Å². The lowest BCUT2D eigenvalue weighted by atomic mass is 10.3. The predicted octanol–water partition coefficient (Wildman–Crippen LogP) is 2.07. The normalized spacial score (nSPS) is 10.3. The molecule has 1 N–H and O–H groups in total. The molecule has 110 valence electrons. The van der Waals surface area contributed by atoms with E-state index in [0.29, 0.717) is 6.54 Å². The molecule has 1 amide bonds. The maximum absolute atomic E-state index is 12.0. The quantitative estimate of drug-likeness (QED) is 0.501. The number of nitrogens with zero attached hydrogens (tertiary/aromatic N) is 3. The van der Waals surface area contributed by atoms with Gasteiger partial charge >= 0.3 is 0 Å². The summed E-state index contributed by atoms with van der Waals surface area (Å²) >= 11 is 1.35. The van der Waals surface area contributed by atoms with Gasteiger partial charge in [-0.05, 0) is 12.1 Å². The van der Waals surface area contributed by atoms with Crippen LogP contribution in [0.2, 0.25) is 0 Å². The summed E-state index contributed by atoms with van der Waals surface area (Å²) in [6.45, 7) is 0.423. The van der Waals surface area contributed by atoms with E-state index in [0.717, 1.165) is 10.7 Å². The second-order valence-electron chi connectivity index (χ2n) is 4.33. The van der Waals surface area contributed by atoms with Crippen molar-refractivity contribution in [1.82, 2.24) is 14.9 Å². The lowest BCUT2D eigenvalue weighted by Gasteiger charge is -2.15. The Balaban J connectivity index is 1.84. The van der Waals surface area contributed by atoms with E-state index in [9.17, 15) is 14.9 Å². The van der Waals surface area contributed by atoms with E-state index in [1.165, 1.54) is 23.9 Å². The fourth-order valence-electron chi connectivity index (χ4n) is 1.62. The van der Waals surface area contributed by atoms with Crippen LogP contribution in [-0.4, -0.2) is 38.5 Å². The summed E-state index contributed by atoms with van der Waals surface area (Å²) in [5.74, 6) is 0.968. The highest BCUT2D eigenvalue weighted by Gasteiger charge is 2.11. The Morgan fingerprint density at radius 3 is 2.71 bits per heavy atom. The summed E-state index contributed by atoms with van der Waals surface area (Å²) in [6, 6.07) is 6.14. The molecule has 0 unspecified atom stereocenters.